The third-order valence-corrected chi connectivity index (χ3v) is 6.45. The van der Waals surface area contributed by atoms with Crippen LogP contribution in [0.15, 0.2) is 23.1 Å². The van der Waals surface area contributed by atoms with Gasteiger partial charge in [0.2, 0.25) is 0 Å². The highest BCUT2D eigenvalue weighted by Crippen LogP contribution is 2.58. The average Bonchev–Trinajstić information content (AvgIpc) is 3.34. The summed E-state index contributed by atoms with van der Waals surface area (Å²) in [6.07, 6.45) is 2.82. The highest BCUT2D eigenvalue weighted by molar-refractivity contribution is 9.09. The number of anilines is 1. The largest absolute Gasteiger partial charge is 0.477 e. The fourth-order valence-electron chi connectivity index (χ4n) is 3.60. The van der Waals surface area contributed by atoms with Crippen LogP contribution in [0.3, 0.4) is 0 Å². The van der Waals surface area contributed by atoms with E-state index in [0.717, 1.165) is 42.1 Å². The molecule has 2 aromatic rings. The van der Waals surface area contributed by atoms with Crippen molar-refractivity contribution in [2.24, 2.45) is 0 Å². The molecule has 1 aliphatic carbocycles. The third-order valence-electron chi connectivity index (χ3n) is 5.27. The number of alkyl halides is 1. The van der Waals surface area contributed by atoms with Gasteiger partial charge in [0.1, 0.15) is 5.56 Å². The Hall–Kier alpha value is -1.64. The lowest BCUT2D eigenvalue weighted by Gasteiger charge is -2.36. The van der Waals surface area contributed by atoms with Crippen molar-refractivity contribution in [2.75, 3.05) is 38.1 Å². The summed E-state index contributed by atoms with van der Waals surface area (Å²) in [6, 6.07) is 2.93. The van der Waals surface area contributed by atoms with E-state index in [1.807, 2.05) is 11.9 Å². The van der Waals surface area contributed by atoms with Crippen LogP contribution in [-0.2, 0) is 4.32 Å². The van der Waals surface area contributed by atoms with E-state index in [0.29, 0.717) is 24.3 Å². The van der Waals surface area contributed by atoms with Crippen molar-refractivity contribution >= 4 is 45.5 Å². The quantitative estimate of drug-likeness (QED) is 0.714. The van der Waals surface area contributed by atoms with Gasteiger partial charge in [-0.05, 0) is 32.0 Å². The van der Waals surface area contributed by atoms with E-state index in [4.69, 9.17) is 0 Å². The Morgan fingerprint density at radius 3 is 2.41 bits per heavy atom. The second-order valence-electron chi connectivity index (χ2n) is 7.07. The molecule has 27 heavy (non-hydrogen) atoms. The molecule has 1 saturated carbocycles. The van der Waals surface area contributed by atoms with Gasteiger partial charge >= 0.3 is 5.97 Å². The highest BCUT2D eigenvalue weighted by Gasteiger charge is 2.46. The van der Waals surface area contributed by atoms with E-state index in [1.54, 1.807) is 6.07 Å². The highest BCUT2D eigenvalue weighted by atomic mass is 79.9. The summed E-state index contributed by atoms with van der Waals surface area (Å²) in [5.74, 6) is -1.80. The standard InChI is InChI=1S/C18H19BrFN3O3.ClH/c1-21-6-8-22(9-7-21)15-12(20)10-23-13(14(15)18(19)4-5-18)3-2-11(16(23)24)17(25)26;/h2-3,10H,4-9H2,1H3,(H,25,26);1H. The van der Waals surface area contributed by atoms with Crippen LogP contribution in [0.1, 0.15) is 28.8 Å². The fourth-order valence-corrected chi connectivity index (χ4v) is 4.19. The maximum absolute atomic E-state index is 15.1. The number of rotatable bonds is 3. The molecule has 0 amide bonds. The molecule has 9 heteroatoms. The van der Waals surface area contributed by atoms with Crippen LogP contribution in [0.4, 0.5) is 10.1 Å². The number of aromatic nitrogens is 1. The van der Waals surface area contributed by atoms with Crippen molar-refractivity contribution < 1.29 is 14.3 Å². The van der Waals surface area contributed by atoms with Gasteiger partial charge in [0.05, 0.1) is 21.7 Å². The monoisotopic (exact) mass is 459 g/mol. The van der Waals surface area contributed by atoms with Crippen LogP contribution in [0.2, 0.25) is 0 Å². The number of hydrogen-bond donors (Lipinski definition) is 1. The summed E-state index contributed by atoms with van der Waals surface area (Å²) < 4.78 is 15.9. The number of aromatic carboxylic acids is 1. The zero-order valence-corrected chi connectivity index (χ0v) is 17.1. The molecule has 1 saturated heterocycles. The second kappa shape index (κ2) is 7.07. The minimum Gasteiger partial charge on any atom is -0.477 e. The maximum atomic E-state index is 15.1. The van der Waals surface area contributed by atoms with Gasteiger partial charge < -0.3 is 14.9 Å². The van der Waals surface area contributed by atoms with Crippen LogP contribution in [-0.4, -0.2) is 53.6 Å². The number of carbonyl (C=O) groups is 1. The van der Waals surface area contributed by atoms with Gasteiger partial charge in [-0.25, -0.2) is 9.18 Å². The Balaban J connectivity index is 0.00000210. The van der Waals surface area contributed by atoms with Gasteiger partial charge in [-0.15, -0.1) is 12.4 Å². The predicted octanol–water partition coefficient (Wildman–Crippen LogP) is 2.69. The number of nitrogens with zero attached hydrogens (tertiary/aromatic N) is 3. The SMILES string of the molecule is CN1CCN(c2c(F)cn3c(=O)c(C(=O)O)ccc3c2C2(Br)CC2)CC1.Cl. The molecule has 1 aliphatic heterocycles. The Bertz CT molecular complexity index is 968. The van der Waals surface area contributed by atoms with Crippen molar-refractivity contribution in [1.29, 1.82) is 0 Å². The zero-order chi connectivity index (χ0) is 18.6. The number of fused-ring (bicyclic) bond motifs is 1. The van der Waals surface area contributed by atoms with Gasteiger partial charge in [-0.1, -0.05) is 15.9 Å². The summed E-state index contributed by atoms with van der Waals surface area (Å²) in [5, 5.41) is 9.19. The molecule has 0 spiro atoms. The molecule has 6 nitrogen and oxygen atoms in total. The molecule has 0 radical (unpaired) electrons. The molecule has 0 atom stereocenters. The van der Waals surface area contributed by atoms with E-state index >= 15 is 4.39 Å². The number of hydrogen-bond acceptors (Lipinski definition) is 4. The van der Waals surface area contributed by atoms with Gasteiger partial charge in [0.25, 0.3) is 5.56 Å². The molecule has 0 bridgehead atoms. The summed E-state index contributed by atoms with van der Waals surface area (Å²) in [6.45, 7) is 3.09. The molecule has 2 aromatic heterocycles. The molecule has 2 aliphatic rings. The van der Waals surface area contributed by atoms with Crippen LogP contribution < -0.4 is 10.5 Å². The number of likely N-dealkylation sites (N-methyl/N-ethyl adjacent to an activating group) is 1. The number of halogens is 3. The number of carboxylic acid groups (broad SMARTS) is 1. The predicted molar refractivity (Wildman–Crippen MR) is 107 cm³/mol. The van der Waals surface area contributed by atoms with Gasteiger partial charge in [-0.3, -0.25) is 9.20 Å². The van der Waals surface area contributed by atoms with Crippen LogP contribution in [0.25, 0.3) is 5.52 Å². The topological polar surface area (TPSA) is 65.3 Å². The average molecular weight is 461 g/mol. The lowest BCUT2D eigenvalue weighted by atomic mass is 10.0. The van der Waals surface area contributed by atoms with Crippen molar-refractivity contribution in [1.82, 2.24) is 9.30 Å². The Morgan fingerprint density at radius 2 is 1.85 bits per heavy atom. The first kappa shape index (κ1) is 20.1. The molecule has 4 rings (SSSR count). The fraction of sp³-hybridized carbons (Fsp3) is 0.444. The van der Waals surface area contributed by atoms with Crippen molar-refractivity contribution in [3.05, 3.63) is 45.6 Å². The Kier molecular flexibility index (Phi) is 5.26. The van der Waals surface area contributed by atoms with E-state index in [1.165, 1.54) is 6.07 Å². The van der Waals surface area contributed by atoms with Crippen molar-refractivity contribution in [2.45, 2.75) is 17.2 Å². The maximum Gasteiger partial charge on any atom is 0.341 e. The number of carboxylic acids is 1. The first-order valence-corrected chi connectivity index (χ1v) is 9.35. The van der Waals surface area contributed by atoms with Crippen LogP contribution in [0.5, 0.6) is 0 Å². The van der Waals surface area contributed by atoms with E-state index in [-0.39, 0.29) is 22.3 Å². The Labute approximate surface area is 170 Å². The molecular formula is C18H20BrClFN3O3. The summed E-state index contributed by atoms with van der Waals surface area (Å²) >= 11 is 3.72. The summed E-state index contributed by atoms with van der Waals surface area (Å²) in [7, 11) is 2.04. The van der Waals surface area contributed by atoms with E-state index in [9.17, 15) is 14.7 Å². The van der Waals surface area contributed by atoms with Crippen LogP contribution in [0, 0.1) is 5.82 Å². The molecule has 2 fully saturated rings. The zero-order valence-electron chi connectivity index (χ0n) is 14.7. The molecule has 3 heterocycles. The molecule has 0 aromatic carbocycles. The minimum absolute atomic E-state index is 0. The van der Waals surface area contributed by atoms with Gasteiger partial charge in [-0.2, -0.15) is 0 Å². The normalized spacial score (nSPS) is 19.0. The van der Waals surface area contributed by atoms with E-state index < -0.39 is 17.3 Å². The third kappa shape index (κ3) is 3.34. The van der Waals surface area contributed by atoms with Crippen molar-refractivity contribution in [3.8, 4) is 0 Å². The lowest BCUT2D eigenvalue weighted by molar-refractivity contribution is 0.0694. The van der Waals surface area contributed by atoms with Gasteiger partial charge in [0, 0.05) is 31.7 Å². The van der Waals surface area contributed by atoms with Crippen LogP contribution >= 0.6 is 28.3 Å². The second-order valence-corrected chi connectivity index (χ2v) is 8.59. The van der Waals surface area contributed by atoms with Gasteiger partial charge in [0.15, 0.2) is 5.82 Å². The summed E-state index contributed by atoms with van der Waals surface area (Å²) in [5.41, 5.74) is 0.757. The summed E-state index contributed by atoms with van der Waals surface area (Å²) in [4.78, 5) is 28.0. The lowest BCUT2D eigenvalue weighted by Crippen LogP contribution is -2.45. The molecular weight excluding hydrogens is 441 g/mol. The smallest absolute Gasteiger partial charge is 0.341 e. The number of piperazine rings is 1. The molecule has 1 N–H and O–H groups in total. The first-order valence-electron chi connectivity index (χ1n) is 8.56. The minimum atomic E-state index is -1.31. The Morgan fingerprint density at radius 1 is 1.22 bits per heavy atom. The van der Waals surface area contributed by atoms with Crippen molar-refractivity contribution in [3.63, 3.8) is 0 Å². The van der Waals surface area contributed by atoms with E-state index in [2.05, 4.69) is 20.8 Å². The molecule has 146 valence electrons. The first-order chi connectivity index (χ1) is 12.3. The molecule has 0 unspecified atom stereocenters. The number of pyridine rings is 2.